The Morgan fingerprint density at radius 3 is 1.95 bits per heavy atom. The molecule has 0 spiro atoms. The number of para-hydroxylation sites is 1. The molecular formula is C16H16N2O3. The summed E-state index contributed by atoms with van der Waals surface area (Å²) in [6.45, 7) is 0.314. The molecule has 5 heteroatoms. The van der Waals surface area contributed by atoms with Crippen molar-refractivity contribution >= 4 is 11.8 Å². The van der Waals surface area contributed by atoms with Crippen LogP contribution in [0.5, 0.6) is 5.75 Å². The number of benzene rings is 2. The van der Waals surface area contributed by atoms with Gasteiger partial charge < -0.3 is 16.2 Å². The summed E-state index contributed by atoms with van der Waals surface area (Å²) in [5.41, 5.74) is 11.8. The standard InChI is InChI=1S/C16H16N2O3/c17-15(19)13-7-4-8-14(16(18)20)12(13)9-10-21-11-5-2-1-3-6-11/h1-8H,9-10H2,(H2,17,19)(H2,18,20). The smallest absolute Gasteiger partial charge is 0.249 e. The van der Waals surface area contributed by atoms with E-state index >= 15 is 0 Å². The summed E-state index contributed by atoms with van der Waals surface area (Å²) in [4.78, 5) is 22.9. The average molecular weight is 284 g/mol. The Balaban J connectivity index is 2.18. The normalized spacial score (nSPS) is 10.1. The Bertz CT molecular complexity index is 622. The van der Waals surface area contributed by atoms with E-state index in [2.05, 4.69) is 0 Å². The number of carbonyl (C=O) groups is 2. The van der Waals surface area contributed by atoms with Crippen LogP contribution in [0.15, 0.2) is 48.5 Å². The second-order valence-corrected chi connectivity index (χ2v) is 4.47. The van der Waals surface area contributed by atoms with Gasteiger partial charge in [-0.1, -0.05) is 24.3 Å². The number of rotatable bonds is 6. The summed E-state index contributed by atoms with van der Waals surface area (Å²) >= 11 is 0. The number of nitrogens with two attached hydrogens (primary N) is 2. The largest absolute Gasteiger partial charge is 0.493 e. The summed E-state index contributed by atoms with van der Waals surface area (Å²) < 4.78 is 5.58. The van der Waals surface area contributed by atoms with E-state index in [9.17, 15) is 9.59 Å². The van der Waals surface area contributed by atoms with Crippen molar-refractivity contribution in [3.8, 4) is 5.75 Å². The maximum absolute atomic E-state index is 11.5. The number of primary amides is 2. The molecule has 0 saturated carbocycles. The molecule has 0 radical (unpaired) electrons. The highest BCUT2D eigenvalue weighted by atomic mass is 16.5. The van der Waals surface area contributed by atoms with Crippen LogP contribution in [0.4, 0.5) is 0 Å². The SMILES string of the molecule is NC(=O)c1cccc(C(N)=O)c1CCOc1ccccc1. The van der Waals surface area contributed by atoms with Gasteiger partial charge in [0.2, 0.25) is 11.8 Å². The second kappa shape index (κ2) is 6.56. The number of amides is 2. The van der Waals surface area contributed by atoms with Gasteiger partial charge in [-0.2, -0.15) is 0 Å². The van der Waals surface area contributed by atoms with Crippen molar-refractivity contribution in [2.24, 2.45) is 11.5 Å². The van der Waals surface area contributed by atoms with E-state index in [4.69, 9.17) is 16.2 Å². The van der Waals surface area contributed by atoms with Crippen molar-refractivity contribution in [3.05, 3.63) is 65.2 Å². The molecule has 2 amide bonds. The molecule has 0 heterocycles. The fourth-order valence-electron chi connectivity index (χ4n) is 2.11. The summed E-state index contributed by atoms with van der Waals surface area (Å²) in [5.74, 6) is -0.463. The second-order valence-electron chi connectivity index (χ2n) is 4.47. The third-order valence-electron chi connectivity index (χ3n) is 3.07. The molecule has 108 valence electrons. The van der Waals surface area contributed by atoms with Crippen molar-refractivity contribution in [2.45, 2.75) is 6.42 Å². The minimum absolute atomic E-state index is 0.294. The highest BCUT2D eigenvalue weighted by molar-refractivity contribution is 6.01. The first-order valence-corrected chi connectivity index (χ1v) is 6.49. The molecule has 2 aromatic carbocycles. The van der Waals surface area contributed by atoms with E-state index in [1.165, 1.54) is 0 Å². The molecule has 0 aliphatic rings. The topological polar surface area (TPSA) is 95.4 Å². The fraction of sp³-hybridized carbons (Fsp3) is 0.125. The molecule has 4 N–H and O–H groups in total. The van der Waals surface area contributed by atoms with Gasteiger partial charge in [-0.3, -0.25) is 9.59 Å². The third-order valence-corrected chi connectivity index (χ3v) is 3.07. The lowest BCUT2D eigenvalue weighted by molar-refractivity contribution is 0.0999. The summed E-state index contributed by atoms with van der Waals surface area (Å²) in [6.07, 6.45) is 0.367. The molecule has 0 unspecified atom stereocenters. The van der Waals surface area contributed by atoms with Gasteiger partial charge in [0.25, 0.3) is 0 Å². The monoisotopic (exact) mass is 284 g/mol. The summed E-state index contributed by atoms with van der Waals surface area (Å²) in [7, 11) is 0. The van der Waals surface area contributed by atoms with Crippen LogP contribution in [-0.2, 0) is 6.42 Å². The Kier molecular flexibility index (Phi) is 4.56. The maximum atomic E-state index is 11.5. The van der Waals surface area contributed by atoms with Crippen LogP contribution in [0.1, 0.15) is 26.3 Å². The number of hydrogen-bond acceptors (Lipinski definition) is 3. The Labute approximate surface area is 122 Å². The van der Waals surface area contributed by atoms with Crippen LogP contribution in [-0.4, -0.2) is 18.4 Å². The molecule has 0 aliphatic heterocycles. The number of carbonyl (C=O) groups excluding carboxylic acids is 2. The fourth-order valence-corrected chi connectivity index (χ4v) is 2.11. The van der Waals surface area contributed by atoms with Gasteiger partial charge in [0.15, 0.2) is 0 Å². The molecule has 0 atom stereocenters. The zero-order valence-electron chi connectivity index (χ0n) is 11.4. The van der Waals surface area contributed by atoms with Gasteiger partial charge in [0.1, 0.15) is 5.75 Å². The molecular weight excluding hydrogens is 268 g/mol. The average Bonchev–Trinajstić information content (AvgIpc) is 2.48. The van der Waals surface area contributed by atoms with Crippen LogP contribution in [0.3, 0.4) is 0 Å². The lowest BCUT2D eigenvalue weighted by atomic mass is 9.97. The summed E-state index contributed by atoms with van der Waals surface area (Å²) in [6, 6.07) is 14.0. The van der Waals surface area contributed by atoms with Crippen LogP contribution in [0.2, 0.25) is 0 Å². The predicted molar refractivity (Wildman–Crippen MR) is 79.1 cm³/mol. The van der Waals surface area contributed by atoms with E-state index in [0.717, 1.165) is 5.75 Å². The van der Waals surface area contributed by atoms with E-state index in [1.54, 1.807) is 18.2 Å². The molecule has 2 aromatic rings. The summed E-state index contributed by atoms with van der Waals surface area (Å²) in [5, 5.41) is 0. The molecule has 0 saturated heterocycles. The quantitative estimate of drug-likeness (QED) is 0.841. The van der Waals surface area contributed by atoms with Gasteiger partial charge in [-0.05, 0) is 29.8 Å². The first-order valence-electron chi connectivity index (χ1n) is 6.49. The van der Waals surface area contributed by atoms with E-state index in [0.29, 0.717) is 29.7 Å². The lowest BCUT2D eigenvalue weighted by Crippen LogP contribution is -2.21. The molecule has 2 rings (SSSR count). The third kappa shape index (κ3) is 3.60. The molecule has 0 aliphatic carbocycles. The molecule has 5 nitrogen and oxygen atoms in total. The van der Waals surface area contributed by atoms with Gasteiger partial charge in [-0.25, -0.2) is 0 Å². The van der Waals surface area contributed by atoms with Crippen LogP contribution in [0.25, 0.3) is 0 Å². The minimum atomic E-state index is -0.590. The van der Waals surface area contributed by atoms with Crippen molar-refractivity contribution < 1.29 is 14.3 Å². The van der Waals surface area contributed by atoms with Crippen molar-refractivity contribution in [1.82, 2.24) is 0 Å². The number of hydrogen-bond donors (Lipinski definition) is 2. The van der Waals surface area contributed by atoms with Gasteiger partial charge in [0.05, 0.1) is 6.61 Å². The molecule has 21 heavy (non-hydrogen) atoms. The zero-order valence-corrected chi connectivity index (χ0v) is 11.4. The Hall–Kier alpha value is -2.82. The highest BCUT2D eigenvalue weighted by Crippen LogP contribution is 2.16. The van der Waals surface area contributed by atoms with E-state index < -0.39 is 11.8 Å². The highest BCUT2D eigenvalue weighted by Gasteiger charge is 2.15. The van der Waals surface area contributed by atoms with Gasteiger partial charge >= 0.3 is 0 Å². The number of ether oxygens (including phenoxy) is 1. The van der Waals surface area contributed by atoms with Crippen molar-refractivity contribution in [2.75, 3.05) is 6.61 Å². The van der Waals surface area contributed by atoms with Crippen molar-refractivity contribution in [1.29, 1.82) is 0 Å². The van der Waals surface area contributed by atoms with Crippen molar-refractivity contribution in [3.63, 3.8) is 0 Å². The first-order chi connectivity index (χ1) is 10.1. The van der Waals surface area contributed by atoms with Gasteiger partial charge in [0, 0.05) is 17.5 Å². The minimum Gasteiger partial charge on any atom is -0.493 e. The van der Waals surface area contributed by atoms with E-state index in [-0.39, 0.29) is 0 Å². The maximum Gasteiger partial charge on any atom is 0.249 e. The molecule has 0 fully saturated rings. The van der Waals surface area contributed by atoms with E-state index in [1.807, 2.05) is 30.3 Å². The first kappa shape index (κ1) is 14.6. The van der Waals surface area contributed by atoms with Crippen LogP contribution < -0.4 is 16.2 Å². The molecule has 0 bridgehead atoms. The zero-order chi connectivity index (χ0) is 15.2. The Morgan fingerprint density at radius 2 is 1.43 bits per heavy atom. The van der Waals surface area contributed by atoms with Crippen LogP contribution in [0, 0.1) is 0 Å². The van der Waals surface area contributed by atoms with Gasteiger partial charge in [-0.15, -0.1) is 0 Å². The molecule has 0 aromatic heterocycles. The lowest BCUT2D eigenvalue weighted by Gasteiger charge is -2.12. The predicted octanol–water partition coefficient (Wildman–Crippen LogP) is 1.51. The Morgan fingerprint density at radius 1 is 0.857 bits per heavy atom. The van der Waals surface area contributed by atoms with Crippen LogP contribution >= 0.6 is 0 Å².